The average Bonchev–Trinajstić information content (AvgIpc) is 1.77. The molecule has 0 bridgehead atoms. The first-order chi connectivity index (χ1) is 3.79. The number of aryl methyl sites for hydroxylation is 1. The van der Waals surface area contributed by atoms with E-state index in [4.69, 9.17) is 7.85 Å². The summed E-state index contributed by atoms with van der Waals surface area (Å²) in [6.07, 6.45) is 3.37. The summed E-state index contributed by atoms with van der Waals surface area (Å²) in [7, 11) is 5.20. The first kappa shape index (κ1) is 5.28. The summed E-state index contributed by atoms with van der Waals surface area (Å²) in [5, 5.41) is 0. The van der Waals surface area contributed by atoms with Gasteiger partial charge in [0.15, 0.2) is 7.85 Å². The number of hydrogen-bond acceptors (Lipinski definition) is 2. The van der Waals surface area contributed by atoms with Crippen molar-refractivity contribution < 1.29 is 0 Å². The summed E-state index contributed by atoms with van der Waals surface area (Å²) in [6, 6.07) is 0. The van der Waals surface area contributed by atoms with Gasteiger partial charge in [-0.05, 0) is 12.5 Å². The minimum absolute atomic E-state index is 0.329. The third kappa shape index (κ3) is 1.06. The van der Waals surface area contributed by atoms with Crippen LogP contribution in [-0.4, -0.2) is 17.8 Å². The van der Waals surface area contributed by atoms with Crippen LogP contribution in [0, 0.1) is 6.92 Å². The molecule has 0 aliphatic heterocycles. The van der Waals surface area contributed by atoms with E-state index in [1.165, 1.54) is 0 Å². The Hall–Kier alpha value is -0.855. The molecule has 0 N–H and O–H groups in total. The summed E-state index contributed by atoms with van der Waals surface area (Å²) in [5.41, 5.74) is 1.36. The van der Waals surface area contributed by atoms with Gasteiger partial charge >= 0.3 is 0 Å². The molecule has 1 rings (SSSR count). The first-order valence-electron chi connectivity index (χ1n) is 2.33. The van der Waals surface area contributed by atoms with E-state index in [0.717, 1.165) is 5.56 Å². The van der Waals surface area contributed by atoms with Crippen LogP contribution in [0.15, 0.2) is 12.4 Å². The fourth-order valence-electron chi connectivity index (χ4n) is 0.403. The smallest absolute Gasteiger partial charge is 0.170 e. The molecule has 2 radical (unpaired) electrons. The van der Waals surface area contributed by atoms with Crippen molar-refractivity contribution in [3.05, 3.63) is 18.0 Å². The lowest BCUT2D eigenvalue weighted by atomic mass is 10.1. The minimum atomic E-state index is 0.329. The zero-order valence-electron chi connectivity index (χ0n) is 4.63. The highest BCUT2D eigenvalue weighted by Gasteiger charge is 1.82. The van der Waals surface area contributed by atoms with Gasteiger partial charge in [-0.1, -0.05) is 0 Å². The second-order valence-electron chi connectivity index (χ2n) is 1.62. The summed E-state index contributed by atoms with van der Waals surface area (Å²) in [6.45, 7) is 1.92. The van der Waals surface area contributed by atoms with Gasteiger partial charge in [-0.2, -0.15) is 0 Å². The van der Waals surface area contributed by atoms with Gasteiger partial charge in [-0.3, -0.25) is 9.97 Å². The molecule has 0 aromatic carbocycles. The maximum absolute atomic E-state index is 5.20. The fraction of sp³-hybridized carbons (Fsp3) is 0.200. The van der Waals surface area contributed by atoms with Gasteiger partial charge in [-0.25, -0.2) is 0 Å². The molecule has 0 spiro atoms. The van der Waals surface area contributed by atoms with Crippen molar-refractivity contribution in [2.45, 2.75) is 6.92 Å². The number of rotatable bonds is 0. The quantitative estimate of drug-likeness (QED) is 0.417. The molecule has 1 aromatic heterocycles. The number of nitrogens with zero attached hydrogens (tertiary/aromatic N) is 2. The predicted octanol–water partition coefficient (Wildman–Crippen LogP) is -0.421. The van der Waals surface area contributed by atoms with E-state index >= 15 is 0 Å². The molecule has 1 aromatic rings. The third-order valence-corrected chi connectivity index (χ3v) is 0.801. The van der Waals surface area contributed by atoms with E-state index in [9.17, 15) is 0 Å². The van der Waals surface area contributed by atoms with Crippen LogP contribution in [-0.2, 0) is 0 Å². The van der Waals surface area contributed by atoms with Crippen LogP contribution < -0.4 is 5.72 Å². The molecular weight excluding hydrogens is 98.9 g/mol. The highest BCUT2D eigenvalue weighted by Crippen LogP contribution is 1.82. The predicted molar refractivity (Wildman–Crippen MR) is 32.2 cm³/mol. The largest absolute Gasteiger partial charge is 0.253 e. The Labute approximate surface area is 49.4 Å². The van der Waals surface area contributed by atoms with Crippen molar-refractivity contribution in [3.63, 3.8) is 0 Å². The van der Waals surface area contributed by atoms with Crippen LogP contribution in [0.5, 0.6) is 0 Å². The molecule has 8 heavy (non-hydrogen) atoms. The zero-order chi connectivity index (χ0) is 5.98. The lowest BCUT2D eigenvalue weighted by Gasteiger charge is -1.89. The zero-order valence-corrected chi connectivity index (χ0v) is 4.63. The average molecular weight is 104 g/mol. The summed E-state index contributed by atoms with van der Waals surface area (Å²) < 4.78 is 0. The van der Waals surface area contributed by atoms with Gasteiger partial charge in [0.05, 0.1) is 5.72 Å². The minimum Gasteiger partial charge on any atom is -0.253 e. The second-order valence-corrected chi connectivity index (χ2v) is 1.62. The van der Waals surface area contributed by atoms with Gasteiger partial charge in [0.1, 0.15) is 0 Å². The van der Waals surface area contributed by atoms with E-state index < -0.39 is 0 Å². The molecule has 2 nitrogen and oxygen atoms in total. The normalized spacial score (nSPS) is 9.12. The number of hydrogen-bond donors (Lipinski definition) is 0. The summed E-state index contributed by atoms with van der Waals surface area (Å²) in [4.78, 5) is 7.49. The molecular formula is C5H5BN2. The molecule has 0 atom stereocenters. The van der Waals surface area contributed by atoms with E-state index in [2.05, 4.69) is 9.97 Å². The Morgan fingerprint density at radius 3 is 2.25 bits per heavy atom. The Kier molecular flexibility index (Phi) is 1.28. The lowest BCUT2D eigenvalue weighted by Crippen LogP contribution is -2.11. The summed E-state index contributed by atoms with van der Waals surface area (Å²) in [5.74, 6) is 0. The molecule has 0 saturated carbocycles. The van der Waals surface area contributed by atoms with Crippen molar-refractivity contribution in [1.29, 1.82) is 0 Å². The third-order valence-electron chi connectivity index (χ3n) is 0.801. The highest BCUT2D eigenvalue weighted by molar-refractivity contribution is 6.28. The standard InChI is InChI=1S/C5H5BN2/c1-4-2-7-5(6)8-3-4/h2-3H,1H3. The Morgan fingerprint density at radius 2 is 1.88 bits per heavy atom. The topological polar surface area (TPSA) is 25.8 Å². The second kappa shape index (κ2) is 1.94. The Bertz CT molecular complexity index is 149. The molecule has 0 saturated heterocycles. The Morgan fingerprint density at radius 1 is 1.38 bits per heavy atom. The van der Waals surface area contributed by atoms with Crippen LogP contribution in [0.2, 0.25) is 0 Å². The van der Waals surface area contributed by atoms with Crippen LogP contribution in [0.25, 0.3) is 0 Å². The van der Waals surface area contributed by atoms with E-state index in [1.54, 1.807) is 12.4 Å². The van der Waals surface area contributed by atoms with Gasteiger partial charge in [0.25, 0.3) is 0 Å². The van der Waals surface area contributed by atoms with Crippen molar-refractivity contribution >= 4 is 13.6 Å². The number of aromatic nitrogens is 2. The maximum Gasteiger partial charge on any atom is 0.170 e. The molecule has 0 amide bonds. The fourth-order valence-corrected chi connectivity index (χ4v) is 0.403. The van der Waals surface area contributed by atoms with Crippen LogP contribution in [0.4, 0.5) is 0 Å². The Balaban J connectivity index is 3.03. The highest BCUT2D eigenvalue weighted by atomic mass is 14.8. The van der Waals surface area contributed by atoms with Gasteiger partial charge < -0.3 is 0 Å². The molecule has 3 heteroatoms. The van der Waals surface area contributed by atoms with Gasteiger partial charge in [0.2, 0.25) is 0 Å². The molecule has 38 valence electrons. The van der Waals surface area contributed by atoms with Gasteiger partial charge in [-0.15, -0.1) is 0 Å². The lowest BCUT2D eigenvalue weighted by molar-refractivity contribution is 1.19. The molecule has 0 unspecified atom stereocenters. The molecule has 0 fully saturated rings. The van der Waals surface area contributed by atoms with Crippen molar-refractivity contribution in [3.8, 4) is 0 Å². The molecule has 1 heterocycles. The van der Waals surface area contributed by atoms with E-state index in [1.807, 2.05) is 6.92 Å². The van der Waals surface area contributed by atoms with E-state index in [0.29, 0.717) is 5.72 Å². The monoisotopic (exact) mass is 104 g/mol. The van der Waals surface area contributed by atoms with Crippen LogP contribution in [0.3, 0.4) is 0 Å². The van der Waals surface area contributed by atoms with Crippen molar-refractivity contribution in [2.75, 3.05) is 0 Å². The van der Waals surface area contributed by atoms with Crippen molar-refractivity contribution in [2.24, 2.45) is 0 Å². The van der Waals surface area contributed by atoms with Crippen molar-refractivity contribution in [1.82, 2.24) is 9.97 Å². The van der Waals surface area contributed by atoms with Gasteiger partial charge in [0, 0.05) is 12.4 Å². The SMILES string of the molecule is [B]c1ncc(C)cn1. The molecule has 0 aliphatic carbocycles. The molecule has 0 aliphatic rings. The summed E-state index contributed by atoms with van der Waals surface area (Å²) >= 11 is 0. The first-order valence-corrected chi connectivity index (χ1v) is 2.33. The maximum atomic E-state index is 5.20. The van der Waals surface area contributed by atoms with Crippen LogP contribution >= 0.6 is 0 Å². The van der Waals surface area contributed by atoms with E-state index in [-0.39, 0.29) is 0 Å². The van der Waals surface area contributed by atoms with Crippen LogP contribution in [0.1, 0.15) is 5.56 Å².